The quantitative estimate of drug-likeness (QED) is 0.856. The molecule has 0 spiro atoms. The van der Waals surface area contributed by atoms with Crippen LogP contribution < -0.4 is 10.0 Å². The number of rotatable bonds is 6. The monoisotopic (exact) mass is 328 g/mol. The van der Waals surface area contributed by atoms with Crippen LogP contribution in [0.15, 0.2) is 33.9 Å². The number of sulfonamides is 1. The van der Waals surface area contributed by atoms with Crippen molar-refractivity contribution in [3.63, 3.8) is 0 Å². The maximum Gasteiger partial charge on any atom is 0.243 e. The van der Waals surface area contributed by atoms with Gasteiger partial charge in [-0.05, 0) is 53.6 Å². The molecule has 21 heavy (non-hydrogen) atoms. The summed E-state index contributed by atoms with van der Waals surface area (Å²) in [4.78, 5) is -0.324. The van der Waals surface area contributed by atoms with Gasteiger partial charge in [-0.15, -0.1) is 0 Å². The van der Waals surface area contributed by atoms with Crippen molar-refractivity contribution in [2.45, 2.75) is 24.9 Å². The molecular weight excluding hydrogens is 311 g/mol. The molecule has 0 aliphatic rings. The molecule has 0 unspecified atom stereocenters. The fourth-order valence-electron chi connectivity index (χ4n) is 1.89. The molecule has 1 aromatic heterocycles. The van der Waals surface area contributed by atoms with Crippen LogP contribution in [0.3, 0.4) is 0 Å². The molecule has 0 aliphatic carbocycles. The number of hydrogen-bond acceptors (Lipinski definition) is 4. The Balaban J connectivity index is 2.17. The second-order valence-electron chi connectivity index (χ2n) is 4.70. The van der Waals surface area contributed by atoms with E-state index in [1.165, 1.54) is 23.5 Å². The van der Waals surface area contributed by atoms with E-state index >= 15 is 0 Å². The van der Waals surface area contributed by atoms with Gasteiger partial charge in [0.05, 0.1) is 0 Å². The highest BCUT2D eigenvalue weighted by molar-refractivity contribution is 7.89. The smallest absolute Gasteiger partial charge is 0.243 e. The number of thiophene rings is 1. The first kappa shape index (κ1) is 16.1. The van der Waals surface area contributed by atoms with Crippen molar-refractivity contribution >= 4 is 21.4 Å². The topological polar surface area (TPSA) is 58.2 Å². The minimum atomic E-state index is -3.86. The molecule has 2 aromatic rings. The summed E-state index contributed by atoms with van der Waals surface area (Å²) in [5, 5.41) is 6.71. The van der Waals surface area contributed by atoms with Gasteiger partial charge in [0.1, 0.15) is 10.7 Å². The number of hydrogen-bond donors (Lipinski definition) is 2. The molecule has 0 atom stereocenters. The summed E-state index contributed by atoms with van der Waals surface area (Å²) in [6.07, 6.45) is 0. The fourth-order valence-corrected chi connectivity index (χ4v) is 3.82. The molecule has 1 aromatic carbocycles. The summed E-state index contributed by atoms with van der Waals surface area (Å²) in [6.45, 7) is 2.56. The summed E-state index contributed by atoms with van der Waals surface area (Å²) < 4.78 is 40.7. The van der Waals surface area contributed by atoms with Crippen molar-refractivity contribution in [1.29, 1.82) is 0 Å². The Kier molecular flexibility index (Phi) is 5.10. The number of aryl methyl sites for hydroxylation is 1. The number of nitrogens with one attached hydrogen (secondary N) is 2. The second-order valence-corrected chi connectivity index (χ2v) is 7.18. The third-order valence-corrected chi connectivity index (χ3v) is 5.43. The van der Waals surface area contributed by atoms with Gasteiger partial charge in [-0.1, -0.05) is 6.07 Å². The van der Waals surface area contributed by atoms with E-state index in [1.54, 1.807) is 13.1 Å². The van der Waals surface area contributed by atoms with Crippen molar-refractivity contribution < 1.29 is 12.8 Å². The largest absolute Gasteiger partial charge is 0.316 e. The van der Waals surface area contributed by atoms with Gasteiger partial charge < -0.3 is 5.32 Å². The van der Waals surface area contributed by atoms with Crippen LogP contribution in [0, 0.1) is 12.7 Å². The zero-order chi connectivity index (χ0) is 15.5. The lowest BCUT2D eigenvalue weighted by Gasteiger charge is -2.09. The van der Waals surface area contributed by atoms with Gasteiger partial charge in [-0.3, -0.25) is 0 Å². The Morgan fingerprint density at radius 1 is 1.24 bits per heavy atom. The number of halogens is 1. The Bertz CT molecular complexity index is 726. The van der Waals surface area contributed by atoms with Gasteiger partial charge >= 0.3 is 0 Å². The van der Waals surface area contributed by atoms with E-state index in [-0.39, 0.29) is 11.4 Å². The second kappa shape index (κ2) is 6.65. The van der Waals surface area contributed by atoms with Crippen molar-refractivity contribution in [2.75, 3.05) is 7.05 Å². The average molecular weight is 328 g/mol. The molecule has 7 heteroatoms. The predicted molar refractivity (Wildman–Crippen MR) is 82.2 cm³/mol. The fraction of sp³-hybridized carbons (Fsp3) is 0.286. The maximum atomic E-state index is 14.0. The summed E-state index contributed by atoms with van der Waals surface area (Å²) in [6, 6.07) is 4.13. The van der Waals surface area contributed by atoms with Gasteiger partial charge in [-0.25, -0.2) is 17.5 Å². The van der Waals surface area contributed by atoms with E-state index in [9.17, 15) is 12.8 Å². The highest BCUT2D eigenvalue weighted by Crippen LogP contribution is 2.18. The Labute approximate surface area is 128 Å². The molecule has 2 rings (SSSR count). The van der Waals surface area contributed by atoms with Crippen LogP contribution in [-0.2, 0) is 23.1 Å². The van der Waals surface area contributed by atoms with Crippen molar-refractivity contribution in [2.24, 2.45) is 0 Å². The highest BCUT2D eigenvalue weighted by Gasteiger charge is 2.19. The molecular formula is C14H17FN2O2S2. The van der Waals surface area contributed by atoms with Crippen molar-refractivity contribution in [3.05, 3.63) is 51.5 Å². The molecule has 0 radical (unpaired) electrons. The van der Waals surface area contributed by atoms with Crippen molar-refractivity contribution in [1.82, 2.24) is 10.0 Å². The lowest BCUT2D eigenvalue weighted by molar-refractivity contribution is 0.555. The normalized spacial score (nSPS) is 11.8. The molecule has 0 saturated carbocycles. The molecule has 0 aliphatic heterocycles. The van der Waals surface area contributed by atoms with Crippen molar-refractivity contribution in [3.8, 4) is 0 Å². The Morgan fingerprint density at radius 2 is 2.00 bits per heavy atom. The minimum Gasteiger partial charge on any atom is -0.316 e. The lowest BCUT2D eigenvalue weighted by Crippen LogP contribution is -2.24. The molecule has 4 nitrogen and oxygen atoms in total. The van der Waals surface area contributed by atoms with Crippen LogP contribution in [0.25, 0.3) is 0 Å². The summed E-state index contributed by atoms with van der Waals surface area (Å²) in [5.41, 5.74) is 2.62. The average Bonchev–Trinajstić information content (AvgIpc) is 2.82. The zero-order valence-corrected chi connectivity index (χ0v) is 13.4. The van der Waals surface area contributed by atoms with E-state index in [0.29, 0.717) is 12.1 Å². The first-order valence-electron chi connectivity index (χ1n) is 6.38. The third kappa shape index (κ3) is 3.88. The number of benzene rings is 1. The summed E-state index contributed by atoms with van der Waals surface area (Å²) in [7, 11) is -2.11. The van der Waals surface area contributed by atoms with E-state index in [2.05, 4.69) is 10.0 Å². The summed E-state index contributed by atoms with van der Waals surface area (Å²) >= 11 is 1.51. The zero-order valence-electron chi connectivity index (χ0n) is 11.8. The predicted octanol–water partition coefficient (Wildman–Crippen LogP) is 2.39. The van der Waals surface area contributed by atoms with Gasteiger partial charge in [0.15, 0.2) is 0 Å². The Hall–Kier alpha value is -1.28. The minimum absolute atomic E-state index is 0.162. The van der Waals surface area contributed by atoms with Crippen LogP contribution in [0.5, 0.6) is 0 Å². The molecule has 1 heterocycles. The lowest BCUT2D eigenvalue weighted by atomic mass is 10.2. The third-order valence-electron chi connectivity index (χ3n) is 3.08. The van der Waals surface area contributed by atoms with Crippen LogP contribution >= 0.6 is 11.3 Å². The van der Waals surface area contributed by atoms with Gasteiger partial charge in [0, 0.05) is 13.1 Å². The van der Waals surface area contributed by atoms with Crippen LogP contribution in [-0.4, -0.2) is 15.5 Å². The van der Waals surface area contributed by atoms with E-state index in [0.717, 1.165) is 11.1 Å². The first-order chi connectivity index (χ1) is 9.94. The first-order valence-corrected chi connectivity index (χ1v) is 8.81. The van der Waals surface area contributed by atoms with Gasteiger partial charge in [0.2, 0.25) is 10.0 Å². The molecule has 0 fully saturated rings. The van der Waals surface area contributed by atoms with Crippen LogP contribution in [0.2, 0.25) is 0 Å². The molecule has 0 amide bonds. The van der Waals surface area contributed by atoms with E-state index < -0.39 is 15.8 Å². The summed E-state index contributed by atoms with van der Waals surface area (Å²) in [5.74, 6) is -0.739. The standard InChI is InChI=1S/C14H17FN2O2S2/c1-10-8-20-9-12(10)7-17-21(18,19)14-4-3-11(6-16-2)5-13(14)15/h3-5,8-9,16-17H,6-7H2,1-2H3. The molecule has 2 N–H and O–H groups in total. The van der Waals surface area contributed by atoms with Gasteiger partial charge in [0.25, 0.3) is 0 Å². The van der Waals surface area contributed by atoms with Gasteiger partial charge in [-0.2, -0.15) is 11.3 Å². The Morgan fingerprint density at radius 3 is 2.57 bits per heavy atom. The highest BCUT2D eigenvalue weighted by atomic mass is 32.2. The molecule has 0 bridgehead atoms. The SMILES string of the molecule is CNCc1ccc(S(=O)(=O)NCc2cscc2C)c(F)c1. The van der Waals surface area contributed by atoms with E-state index in [1.807, 2.05) is 17.7 Å². The maximum absolute atomic E-state index is 14.0. The van der Waals surface area contributed by atoms with Crippen LogP contribution in [0.4, 0.5) is 4.39 Å². The molecule has 0 saturated heterocycles. The van der Waals surface area contributed by atoms with E-state index in [4.69, 9.17) is 0 Å². The van der Waals surface area contributed by atoms with Crippen LogP contribution in [0.1, 0.15) is 16.7 Å². The molecule has 114 valence electrons.